The van der Waals surface area contributed by atoms with Gasteiger partial charge in [0, 0.05) is 18.0 Å². The standard InChI is InChI=1S/C13H10N2O/c16-11-13-14-8-10-15(13)9-4-7-12-5-2-1-3-6-12/h1-3,5-6,8,10-11H,9H2. The topological polar surface area (TPSA) is 34.9 Å². The van der Waals surface area contributed by atoms with Gasteiger partial charge >= 0.3 is 0 Å². The summed E-state index contributed by atoms with van der Waals surface area (Å²) >= 11 is 0. The maximum atomic E-state index is 10.6. The molecule has 0 aliphatic rings. The zero-order valence-corrected chi connectivity index (χ0v) is 8.63. The molecule has 0 aliphatic carbocycles. The average molecular weight is 210 g/mol. The van der Waals surface area contributed by atoms with Crippen LogP contribution in [-0.4, -0.2) is 15.8 Å². The van der Waals surface area contributed by atoms with Crippen molar-refractivity contribution in [2.45, 2.75) is 6.54 Å². The molecule has 0 saturated heterocycles. The zero-order valence-electron chi connectivity index (χ0n) is 8.63. The summed E-state index contributed by atoms with van der Waals surface area (Å²) in [6, 6.07) is 9.73. The Hall–Kier alpha value is -2.34. The monoisotopic (exact) mass is 210 g/mol. The van der Waals surface area contributed by atoms with Crippen molar-refractivity contribution in [3.05, 3.63) is 54.1 Å². The number of imidazole rings is 1. The zero-order chi connectivity index (χ0) is 11.2. The molecule has 1 aromatic heterocycles. The summed E-state index contributed by atoms with van der Waals surface area (Å²) in [5.41, 5.74) is 0.968. The summed E-state index contributed by atoms with van der Waals surface area (Å²) in [6.07, 6.45) is 4.06. The van der Waals surface area contributed by atoms with Gasteiger partial charge < -0.3 is 4.57 Å². The highest BCUT2D eigenvalue weighted by molar-refractivity contribution is 5.69. The third-order valence-electron chi connectivity index (χ3n) is 2.11. The fraction of sp³-hybridized carbons (Fsp3) is 0.0769. The fourth-order valence-corrected chi connectivity index (χ4v) is 1.32. The third kappa shape index (κ3) is 2.37. The van der Waals surface area contributed by atoms with Gasteiger partial charge in [0.2, 0.25) is 0 Å². The van der Waals surface area contributed by atoms with Crippen LogP contribution in [0.1, 0.15) is 16.2 Å². The Labute approximate surface area is 93.7 Å². The summed E-state index contributed by atoms with van der Waals surface area (Å²) in [5.74, 6) is 6.42. The van der Waals surface area contributed by atoms with E-state index >= 15 is 0 Å². The number of benzene rings is 1. The first-order chi connectivity index (χ1) is 7.90. The minimum atomic E-state index is 0.405. The molecule has 0 aliphatic heterocycles. The highest BCUT2D eigenvalue weighted by atomic mass is 16.1. The molecule has 1 heterocycles. The minimum Gasteiger partial charge on any atom is -0.317 e. The van der Waals surface area contributed by atoms with Gasteiger partial charge in [0.1, 0.15) is 0 Å². The molecule has 0 spiro atoms. The molecule has 0 atom stereocenters. The molecule has 2 rings (SSSR count). The molecule has 0 amide bonds. The van der Waals surface area contributed by atoms with Crippen LogP contribution >= 0.6 is 0 Å². The Morgan fingerprint density at radius 3 is 2.88 bits per heavy atom. The van der Waals surface area contributed by atoms with Crippen LogP contribution in [0.25, 0.3) is 0 Å². The number of carbonyl (C=O) groups excluding carboxylic acids is 1. The molecule has 2 aromatic rings. The van der Waals surface area contributed by atoms with Crippen molar-refractivity contribution < 1.29 is 4.79 Å². The number of aldehydes is 1. The fourth-order valence-electron chi connectivity index (χ4n) is 1.32. The second-order valence-corrected chi connectivity index (χ2v) is 3.20. The molecule has 0 radical (unpaired) electrons. The lowest BCUT2D eigenvalue weighted by Crippen LogP contribution is -1.99. The lowest BCUT2D eigenvalue weighted by atomic mass is 10.2. The van der Waals surface area contributed by atoms with Gasteiger partial charge in [-0.15, -0.1) is 0 Å². The van der Waals surface area contributed by atoms with Crippen LogP contribution in [0.4, 0.5) is 0 Å². The number of nitrogens with zero attached hydrogens (tertiary/aromatic N) is 2. The number of hydrogen-bond donors (Lipinski definition) is 0. The Balaban J connectivity index is 2.08. The highest BCUT2D eigenvalue weighted by Gasteiger charge is 1.96. The molecule has 3 heteroatoms. The Kier molecular flexibility index (Phi) is 3.15. The predicted octanol–water partition coefficient (Wildman–Crippen LogP) is 1.75. The molecular formula is C13H10N2O. The van der Waals surface area contributed by atoms with E-state index in [4.69, 9.17) is 0 Å². The largest absolute Gasteiger partial charge is 0.317 e. The lowest BCUT2D eigenvalue weighted by Gasteiger charge is -1.95. The van der Waals surface area contributed by atoms with Crippen LogP contribution in [0.3, 0.4) is 0 Å². The van der Waals surface area contributed by atoms with Crippen LogP contribution in [-0.2, 0) is 6.54 Å². The summed E-state index contributed by atoms with van der Waals surface area (Å²) in [7, 11) is 0. The number of carbonyl (C=O) groups is 1. The summed E-state index contributed by atoms with van der Waals surface area (Å²) in [4.78, 5) is 14.5. The first-order valence-electron chi connectivity index (χ1n) is 4.90. The van der Waals surface area contributed by atoms with Gasteiger partial charge in [-0.1, -0.05) is 30.0 Å². The van der Waals surface area contributed by atoms with Crippen molar-refractivity contribution in [1.29, 1.82) is 0 Å². The maximum absolute atomic E-state index is 10.6. The average Bonchev–Trinajstić information content (AvgIpc) is 2.78. The molecule has 1 aromatic carbocycles. The highest BCUT2D eigenvalue weighted by Crippen LogP contribution is 1.96. The smallest absolute Gasteiger partial charge is 0.185 e. The predicted molar refractivity (Wildman–Crippen MR) is 60.9 cm³/mol. The van der Waals surface area contributed by atoms with Crippen molar-refractivity contribution in [2.24, 2.45) is 0 Å². The van der Waals surface area contributed by atoms with Crippen LogP contribution in [0.15, 0.2) is 42.7 Å². The van der Waals surface area contributed by atoms with Crippen molar-refractivity contribution in [3.8, 4) is 11.8 Å². The third-order valence-corrected chi connectivity index (χ3v) is 2.11. The summed E-state index contributed by atoms with van der Waals surface area (Å²) in [6.45, 7) is 0.475. The normalized spacial score (nSPS) is 9.25. The van der Waals surface area contributed by atoms with E-state index in [1.165, 1.54) is 0 Å². The van der Waals surface area contributed by atoms with Crippen molar-refractivity contribution >= 4 is 6.29 Å². The van der Waals surface area contributed by atoms with E-state index in [9.17, 15) is 4.79 Å². The van der Waals surface area contributed by atoms with E-state index in [-0.39, 0.29) is 0 Å². The quantitative estimate of drug-likeness (QED) is 0.559. The van der Waals surface area contributed by atoms with Crippen LogP contribution in [0, 0.1) is 11.8 Å². The van der Waals surface area contributed by atoms with Crippen molar-refractivity contribution in [2.75, 3.05) is 0 Å². The van der Waals surface area contributed by atoms with Gasteiger partial charge in [-0.2, -0.15) is 0 Å². The van der Waals surface area contributed by atoms with Crippen LogP contribution in [0.5, 0.6) is 0 Å². The van der Waals surface area contributed by atoms with E-state index in [2.05, 4.69) is 16.8 Å². The SMILES string of the molecule is O=Cc1nccn1CC#Cc1ccccc1. The molecule has 0 fully saturated rings. The molecule has 16 heavy (non-hydrogen) atoms. The number of rotatable bonds is 2. The second-order valence-electron chi connectivity index (χ2n) is 3.20. The molecule has 0 saturated carbocycles. The molecule has 0 unspecified atom stereocenters. The molecule has 0 bridgehead atoms. The van der Waals surface area contributed by atoms with E-state index in [1.807, 2.05) is 30.3 Å². The first kappa shape index (κ1) is 10.2. The molecule has 0 N–H and O–H groups in total. The van der Waals surface area contributed by atoms with Gasteiger partial charge in [0.25, 0.3) is 0 Å². The first-order valence-corrected chi connectivity index (χ1v) is 4.90. The Bertz CT molecular complexity index is 532. The van der Waals surface area contributed by atoms with Crippen LogP contribution in [0.2, 0.25) is 0 Å². The maximum Gasteiger partial charge on any atom is 0.185 e. The van der Waals surface area contributed by atoms with Gasteiger partial charge in [-0.25, -0.2) is 4.98 Å². The Morgan fingerprint density at radius 1 is 1.31 bits per heavy atom. The van der Waals surface area contributed by atoms with Crippen molar-refractivity contribution in [3.63, 3.8) is 0 Å². The summed E-state index contributed by atoms with van der Waals surface area (Å²) in [5, 5.41) is 0. The van der Waals surface area contributed by atoms with E-state index < -0.39 is 0 Å². The Morgan fingerprint density at radius 2 is 2.12 bits per heavy atom. The van der Waals surface area contributed by atoms with Gasteiger partial charge in [0.05, 0.1) is 6.54 Å². The number of aromatic nitrogens is 2. The molecule has 78 valence electrons. The van der Waals surface area contributed by atoms with E-state index in [0.29, 0.717) is 12.4 Å². The molecular weight excluding hydrogens is 200 g/mol. The number of hydrogen-bond acceptors (Lipinski definition) is 2. The minimum absolute atomic E-state index is 0.405. The van der Waals surface area contributed by atoms with Gasteiger partial charge in [0.15, 0.2) is 12.1 Å². The summed E-state index contributed by atoms with van der Waals surface area (Å²) < 4.78 is 1.71. The molecule has 3 nitrogen and oxygen atoms in total. The van der Waals surface area contributed by atoms with Crippen LogP contribution < -0.4 is 0 Å². The van der Waals surface area contributed by atoms with Gasteiger partial charge in [-0.3, -0.25) is 4.79 Å². The second kappa shape index (κ2) is 4.94. The lowest BCUT2D eigenvalue weighted by molar-refractivity contribution is 0.111. The van der Waals surface area contributed by atoms with Gasteiger partial charge in [-0.05, 0) is 12.1 Å². The van der Waals surface area contributed by atoms with E-state index in [0.717, 1.165) is 11.8 Å². The van der Waals surface area contributed by atoms with E-state index in [1.54, 1.807) is 17.0 Å². The van der Waals surface area contributed by atoms with Crippen molar-refractivity contribution in [1.82, 2.24) is 9.55 Å².